The van der Waals surface area contributed by atoms with Crippen LogP contribution in [0.4, 0.5) is 0 Å². The van der Waals surface area contributed by atoms with Crippen molar-refractivity contribution < 1.29 is 14.2 Å². The third kappa shape index (κ3) is 7.02. The second-order valence-corrected chi connectivity index (χ2v) is 5.48. The standard InChI is InChI=1S/C17H29N3O3.HI/c1-7-18-17(19-10-12(2)3)20-11-14-15(22-5)8-13(21-4)9-16(14)23-6;/h8-9,12H,7,10-11H2,1-6H3,(H2,18,19,20);1H. The summed E-state index contributed by atoms with van der Waals surface area (Å²) < 4.78 is 16.2. The molecule has 0 fully saturated rings. The van der Waals surface area contributed by atoms with Crippen LogP contribution in [-0.4, -0.2) is 40.4 Å². The van der Waals surface area contributed by atoms with E-state index >= 15 is 0 Å². The van der Waals surface area contributed by atoms with Gasteiger partial charge >= 0.3 is 0 Å². The predicted molar refractivity (Wildman–Crippen MR) is 109 cm³/mol. The summed E-state index contributed by atoms with van der Waals surface area (Å²) in [5.74, 6) is 3.41. The molecule has 2 N–H and O–H groups in total. The zero-order valence-electron chi connectivity index (χ0n) is 15.4. The van der Waals surface area contributed by atoms with E-state index in [9.17, 15) is 0 Å². The number of benzene rings is 1. The summed E-state index contributed by atoms with van der Waals surface area (Å²) in [5, 5.41) is 6.56. The fourth-order valence-corrected chi connectivity index (χ4v) is 2.03. The quantitative estimate of drug-likeness (QED) is 0.362. The van der Waals surface area contributed by atoms with Gasteiger partial charge in [-0.15, -0.1) is 24.0 Å². The van der Waals surface area contributed by atoms with Crippen molar-refractivity contribution in [1.82, 2.24) is 10.6 Å². The number of guanidine groups is 1. The van der Waals surface area contributed by atoms with Crippen LogP contribution in [0.15, 0.2) is 17.1 Å². The van der Waals surface area contributed by atoms with Crippen LogP contribution in [0.3, 0.4) is 0 Å². The topological polar surface area (TPSA) is 64.1 Å². The Morgan fingerprint density at radius 3 is 2.04 bits per heavy atom. The van der Waals surface area contributed by atoms with Gasteiger partial charge in [-0.05, 0) is 12.8 Å². The lowest BCUT2D eigenvalue weighted by atomic mass is 10.1. The summed E-state index contributed by atoms with van der Waals surface area (Å²) in [6, 6.07) is 3.67. The van der Waals surface area contributed by atoms with Gasteiger partial charge in [0.05, 0.1) is 33.4 Å². The monoisotopic (exact) mass is 451 g/mol. The van der Waals surface area contributed by atoms with Crippen molar-refractivity contribution in [3.63, 3.8) is 0 Å². The largest absolute Gasteiger partial charge is 0.496 e. The summed E-state index contributed by atoms with van der Waals surface area (Å²) in [6.45, 7) is 8.48. The Labute approximate surface area is 162 Å². The molecule has 24 heavy (non-hydrogen) atoms. The molecule has 1 aromatic rings. The van der Waals surface area contributed by atoms with Crippen LogP contribution in [0.5, 0.6) is 17.2 Å². The number of rotatable bonds is 8. The molecule has 0 spiro atoms. The Morgan fingerprint density at radius 1 is 1.04 bits per heavy atom. The van der Waals surface area contributed by atoms with Gasteiger partial charge in [-0.1, -0.05) is 13.8 Å². The smallest absolute Gasteiger partial charge is 0.191 e. The summed E-state index contributed by atoms with van der Waals surface area (Å²) in [7, 11) is 4.87. The predicted octanol–water partition coefficient (Wildman–Crippen LogP) is 3.04. The molecule has 0 heterocycles. The molecule has 0 aliphatic heterocycles. The highest BCUT2D eigenvalue weighted by molar-refractivity contribution is 14.0. The van der Waals surface area contributed by atoms with Crippen molar-refractivity contribution in [2.75, 3.05) is 34.4 Å². The molecule has 1 aromatic carbocycles. The first-order chi connectivity index (χ1) is 11.0. The molecule has 0 unspecified atom stereocenters. The summed E-state index contributed by atoms with van der Waals surface area (Å²) in [6.07, 6.45) is 0. The first-order valence-corrected chi connectivity index (χ1v) is 7.86. The van der Waals surface area contributed by atoms with Crippen LogP contribution >= 0.6 is 24.0 Å². The highest BCUT2D eigenvalue weighted by atomic mass is 127. The second kappa shape index (κ2) is 12.0. The zero-order valence-corrected chi connectivity index (χ0v) is 17.8. The lowest BCUT2D eigenvalue weighted by Crippen LogP contribution is -2.39. The maximum atomic E-state index is 5.45. The maximum absolute atomic E-state index is 5.45. The molecule has 0 bridgehead atoms. The molecule has 138 valence electrons. The molecule has 0 amide bonds. The van der Waals surface area contributed by atoms with Gasteiger partial charge in [0.1, 0.15) is 17.2 Å². The van der Waals surface area contributed by atoms with Gasteiger partial charge in [0, 0.05) is 25.2 Å². The van der Waals surface area contributed by atoms with E-state index in [1.807, 2.05) is 19.1 Å². The van der Waals surface area contributed by atoms with Crippen molar-refractivity contribution in [3.05, 3.63) is 17.7 Å². The van der Waals surface area contributed by atoms with Crippen LogP contribution in [0.25, 0.3) is 0 Å². The number of halogens is 1. The van der Waals surface area contributed by atoms with Crippen LogP contribution in [0, 0.1) is 5.92 Å². The average Bonchev–Trinajstić information content (AvgIpc) is 2.56. The number of methoxy groups -OCH3 is 3. The van der Waals surface area contributed by atoms with Crippen molar-refractivity contribution in [2.45, 2.75) is 27.3 Å². The third-order valence-corrected chi connectivity index (χ3v) is 3.23. The number of aliphatic imine (C=N–C) groups is 1. The van der Waals surface area contributed by atoms with Crippen LogP contribution in [0.1, 0.15) is 26.3 Å². The molecular formula is C17H30IN3O3. The van der Waals surface area contributed by atoms with Crippen LogP contribution in [-0.2, 0) is 6.54 Å². The Hall–Kier alpha value is -1.38. The first kappa shape index (κ1) is 22.6. The van der Waals surface area contributed by atoms with Crippen molar-refractivity contribution >= 4 is 29.9 Å². The Bertz CT molecular complexity index is 497. The Morgan fingerprint density at radius 2 is 1.62 bits per heavy atom. The Balaban J connectivity index is 0.00000529. The minimum absolute atomic E-state index is 0. The van der Waals surface area contributed by atoms with Crippen LogP contribution in [0.2, 0.25) is 0 Å². The molecule has 0 aliphatic carbocycles. The van der Waals surface area contributed by atoms with Gasteiger partial charge in [-0.3, -0.25) is 0 Å². The number of hydrogen-bond acceptors (Lipinski definition) is 4. The second-order valence-electron chi connectivity index (χ2n) is 5.48. The SMILES string of the molecule is CCNC(=NCc1c(OC)cc(OC)cc1OC)NCC(C)C.I. The van der Waals surface area contributed by atoms with E-state index in [1.54, 1.807) is 21.3 Å². The van der Waals surface area contributed by atoms with E-state index in [4.69, 9.17) is 14.2 Å². The van der Waals surface area contributed by atoms with Gasteiger partial charge in [0.2, 0.25) is 0 Å². The molecule has 1 rings (SSSR count). The summed E-state index contributed by atoms with van der Waals surface area (Å²) in [5.41, 5.74) is 0.887. The highest BCUT2D eigenvalue weighted by Gasteiger charge is 2.13. The van der Waals surface area contributed by atoms with E-state index in [2.05, 4.69) is 29.5 Å². The Kier molecular flexibility index (Phi) is 11.4. The van der Waals surface area contributed by atoms with Gasteiger partial charge in [-0.2, -0.15) is 0 Å². The maximum Gasteiger partial charge on any atom is 0.191 e. The fraction of sp³-hybridized carbons (Fsp3) is 0.588. The average molecular weight is 451 g/mol. The fourth-order valence-electron chi connectivity index (χ4n) is 2.03. The molecule has 0 saturated carbocycles. The molecular weight excluding hydrogens is 421 g/mol. The number of nitrogens with zero attached hydrogens (tertiary/aromatic N) is 1. The van der Waals surface area contributed by atoms with Crippen molar-refractivity contribution in [2.24, 2.45) is 10.9 Å². The minimum atomic E-state index is 0. The third-order valence-electron chi connectivity index (χ3n) is 3.23. The van der Waals surface area contributed by atoms with Crippen LogP contribution < -0.4 is 24.8 Å². The van der Waals surface area contributed by atoms with Gasteiger partial charge in [0.25, 0.3) is 0 Å². The van der Waals surface area contributed by atoms with E-state index < -0.39 is 0 Å². The van der Waals surface area contributed by atoms with E-state index in [0.717, 1.165) is 24.6 Å². The van der Waals surface area contributed by atoms with Gasteiger partial charge in [-0.25, -0.2) is 4.99 Å². The molecule has 6 nitrogen and oxygen atoms in total. The lowest BCUT2D eigenvalue weighted by molar-refractivity contribution is 0.369. The lowest BCUT2D eigenvalue weighted by Gasteiger charge is -2.16. The zero-order chi connectivity index (χ0) is 17.2. The van der Waals surface area contributed by atoms with E-state index in [-0.39, 0.29) is 24.0 Å². The van der Waals surface area contributed by atoms with Crippen molar-refractivity contribution in [3.8, 4) is 17.2 Å². The van der Waals surface area contributed by atoms with Gasteiger partial charge < -0.3 is 24.8 Å². The number of ether oxygens (including phenoxy) is 3. The molecule has 0 saturated heterocycles. The normalized spacial score (nSPS) is 10.9. The number of nitrogens with one attached hydrogen (secondary N) is 2. The minimum Gasteiger partial charge on any atom is -0.496 e. The molecule has 7 heteroatoms. The highest BCUT2D eigenvalue weighted by Crippen LogP contribution is 2.34. The molecule has 0 atom stereocenters. The number of hydrogen-bond donors (Lipinski definition) is 2. The van der Waals surface area contributed by atoms with E-state index in [0.29, 0.717) is 29.7 Å². The summed E-state index contributed by atoms with van der Waals surface area (Å²) >= 11 is 0. The molecule has 0 aliphatic rings. The van der Waals surface area contributed by atoms with Crippen molar-refractivity contribution in [1.29, 1.82) is 0 Å². The molecule has 0 radical (unpaired) electrons. The molecule has 0 aromatic heterocycles. The van der Waals surface area contributed by atoms with E-state index in [1.165, 1.54) is 0 Å². The summed E-state index contributed by atoms with van der Waals surface area (Å²) in [4.78, 5) is 4.62. The van der Waals surface area contributed by atoms with Gasteiger partial charge in [0.15, 0.2) is 5.96 Å². The first-order valence-electron chi connectivity index (χ1n) is 7.86.